The second-order valence-corrected chi connectivity index (χ2v) is 9.16. The maximum Gasteiger partial charge on any atom is 0.226 e. The van der Waals surface area contributed by atoms with E-state index in [1.807, 2.05) is 12.1 Å². The molecule has 4 rings (SSSR count). The third kappa shape index (κ3) is 4.97. The maximum absolute atomic E-state index is 5.60. The first-order chi connectivity index (χ1) is 13.3. The van der Waals surface area contributed by atoms with Crippen molar-refractivity contribution in [3.63, 3.8) is 0 Å². The number of nitrogens with one attached hydrogen (secondary N) is 1. The van der Waals surface area contributed by atoms with Gasteiger partial charge in [0, 0.05) is 22.7 Å². The van der Waals surface area contributed by atoms with Crippen LogP contribution in [0.25, 0.3) is 11.5 Å². The van der Waals surface area contributed by atoms with Gasteiger partial charge in [0.25, 0.3) is 0 Å². The van der Waals surface area contributed by atoms with Crippen LogP contribution in [0.3, 0.4) is 0 Å². The van der Waals surface area contributed by atoms with Crippen LogP contribution in [-0.2, 0) is 12.2 Å². The van der Waals surface area contributed by atoms with E-state index in [1.54, 1.807) is 40.7 Å². The third-order valence-electron chi connectivity index (χ3n) is 3.83. The molecule has 0 atom stereocenters. The van der Waals surface area contributed by atoms with E-state index in [-0.39, 0.29) is 0 Å². The Bertz CT molecular complexity index is 977. The van der Waals surface area contributed by atoms with Crippen LogP contribution in [0.1, 0.15) is 16.1 Å². The van der Waals surface area contributed by atoms with Crippen molar-refractivity contribution in [2.24, 2.45) is 0 Å². The van der Waals surface area contributed by atoms with Gasteiger partial charge in [0.1, 0.15) is 6.26 Å². The molecule has 0 unspecified atom stereocenters. The van der Waals surface area contributed by atoms with E-state index in [2.05, 4.69) is 57.1 Å². The molecule has 0 aliphatic heterocycles. The number of benzene rings is 1. The minimum Gasteiger partial charge on any atom is -0.444 e. The van der Waals surface area contributed by atoms with Gasteiger partial charge in [0.2, 0.25) is 11.0 Å². The normalized spacial score (nSPS) is 11.0. The number of aryl methyl sites for hydroxylation is 1. The molecule has 1 aromatic carbocycles. The predicted octanol–water partition coefficient (Wildman–Crippen LogP) is 5.51. The summed E-state index contributed by atoms with van der Waals surface area (Å²) in [5, 5.41) is 14.7. The monoisotopic (exact) mass is 414 g/mol. The SMILES string of the molecule is Cc1ccc(-c2nc(CSc3nnc(NCCc4cccs4)s3)co2)cc1. The zero-order valence-corrected chi connectivity index (χ0v) is 17.2. The second-order valence-electron chi connectivity index (χ2n) is 5.93. The molecule has 0 aliphatic carbocycles. The van der Waals surface area contributed by atoms with E-state index >= 15 is 0 Å². The lowest BCUT2D eigenvalue weighted by atomic mass is 10.1. The van der Waals surface area contributed by atoms with Crippen molar-refractivity contribution in [1.29, 1.82) is 0 Å². The zero-order chi connectivity index (χ0) is 18.5. The molecule has 27 heavy (non-hydrogen) atoms. The quantitative estimate of drug-likeness (QED) is 0.384. The molecule has 0 aliphatic rings. The van der Waals surface area contributed by atoms with Gasteiger partial charge in [-0.05, 0) is 36.9 Å². The van der Waals surface area contributed by atoms with Crippen LogP contribution in [0, 0.1) is 6.92 Å². The minimum atomic E-state index is 0.652. The van der Waals surface area contributed by atoms with Crippen LogP contribution in [0.2, 0.25) is 0 Å². The fourth-order valence-corrected chi connectivity index (χ4v) is 4.79. The fourth-order valence-electron chi connectivity index (χ4n) is 2.42. The topological polar surface area (TPSA) is 63.8 Å². The largest absolute Gasteiger partial charge is 0.444 e. The number of thiophene rings is 1. The number of oxazole rings is 1. The van der Waals surface area contributed by atoms with Crippen molar-refractivity contribution in [2.45, 2.75) is 23.4 Å². The molecule has 0 bridgehead atoms. The Hall–Kier alpha value is -2.16. The summed E-state index contributed by atoms with van der Waals surface area (Å²) >= 11 is 4.97. The highest BCUT2D eigenvalue weighted by atomic mass is 32.2. The Morgan fingerprint density at radius 1 is 1.15 bits per heavy atom. The van der Waals surface area contributed by atoms with E-state index in [0.717, 1.165) is 33.7 Å². The van der Waals surface area contributed by atoms with Crippen LogP contribution in [-0.4, -0.2) is 21.7 Å². The summed E-state index contributed by atoms with van der Waals surface area (Å²) in [6, 6.07) is 12.4. The highest BCUT2D eigenvalue weighted by Gasteiger charge is 2.09. The smallest absolute Gasteiger partial charge is 0.226 e. The van der Waals surface area contributed by atoms with Gasteiger partial charge in [0.15, 0.2) is 4.34 Å². The fraction of sp³-hybridized carbons (Fsp3) is 0.211. The lowest BCUT2D eigenvalue weighted by Gasteiger charge is -1.99. The van der Waals surface area contributed by atoms with Gasteiger partial charge >= 0.3 is 0 Å². The lowest BCUT2D eigenvalue weighted by molar-refractivity contribution is 0.573. The van der Waals surface area contributed by atoms with Crippen LogP contribution in [0.15, 0.2) is 56.8 Å². The zero-order valence-electron chi connectivity index (χ0n) is 14.7. The Labute approximate surface area is 169 Å². The van der Waals surface area contributed by atoms with Crippen molar-refractivity contribution >= 4 is 39.6 Å². The molecule has 8 heteroatoms. The first kappa shape index (κ1) is 18.2. The molecule has 3 heterocycles. The van der Waals surface area contributed by atoms with Crippen molar-refractivity contribution < 1.29 is 4.42 Å². The van der Waals surface area contributed by atoms with Gasteiger partial charge < -0.3 is 9.73 Å². The first-order valence-corrected chi connectivity index (χ1v) is 11.2. The summed E-state index contributed by atoms with van der Waals surface area (Å²) in [5.41, 5.74) is 3.11. The number of nitrogens with zero attached hydrogens (tertiary/aromatic N) is 3. The highest BCUT2D eigenvalue weighted by Crippen LogP contribution is 2.29. The molecule has 5 nitrogen and oxygen atoms in total. The number of anilines is 1. The van der Waals surface area contributed by atoms with E-state index in [9.17, 15) is 0 Å². The molecule has 0 fully saturated rings. The summed E-state index contributed by atoms with van der Waals surface area (Å²) in [6.45, 7) is 2.93. The first-order valence-electron chi connectivity index (χ1n) is 8.50. The molecule has 3 aromatic heterocycles. The summed E-state index contributed by atoms with van der Waals surface area (Å²) < 4.78 is 6.53. The standard InChI is InChI=1S/C19H18N4OS3/c1-13-4-6-14(7-5-13)17-21-15(11-24-17)12-26-19-23-22-18(27-19)20-9-8-16-3-2-10-25-16/h2-7,10-11H,8-9,12H2,1H3,(H,20,22). The van der Waals surface area contributed by atoms with Gasteiger partial charge in [0.05, 0.1) is 5.69 Å². The van der Waals surface area contributed by atoms with Gasteiger partial charge in [-0.25, -0.2) is 4.98 Å². The molecule has 4 aromatic rings. The predicted molar refractivity (Wildman–Crippen MR) is 113 cm³/mol. The summed E-state index contributed by atoms with van der Waals surface area (Å²) in [4.78, 5) is 5.94. The average Bonchev–Trinajstić information content (AvgIpc) is 3.43. The van der Waals surface area contributed by atoms with Crippen LogP contribution in [0.5, 0.6) is 0 Å². The van der Waals surface area contributed by atoms with Gasteiger partial charge in [-0.2, -0.15) is 0 Å². The average molecular weight is 415 g/mol. The second kappa shape index (κ2) is 8.69. The van der Waals surface area contributed by atoms with E-state index in [0.29, 0.717) is 11.6 Å². The molecule has 1 N–H and O–H groups in total. The lowest BCUT2D eigenvalue weighted by Crippen LogP contribution is -2.03. The van der Waals surface area contributed by atoms with Gasteiger partial charge in [-0.3, -0.25) is 0 Å². The Morgan fingerprint density at radius 2 is 2.04 bits per heavy atom. The Kier molecular flexibility index (Phi) is 5.86. The minimum absolute atomic E-state index is 0.652. The third-order valence-corrected chi connectivity index (χ3v) is 6.81. The van der Waals surface area contributed by atoms with Crippen LogP contribution in [0.4, 0.5) is 5.13 Å². The number of hydrogen-bond acceptors (Lipinski definition) is 8. The molecule has 0 spiro atoms. The van der Waals surface area contributed by atoms with Crippen molar-refractivity contribution in [2.75, 3.05) is 11.9 Å². The summed E-state index contributed by atoms with van der Waals surface area (Å²) in [7, 11) is 0. The molecule has 0 saturated carbocycles. The maximum atomic E-state index is 5.60. The molecule has 0 amide bonds. The van der Waals surface area contributed by atoms with Crippen molar-refractivity contribution in [3.8, 4) is 11.5 Å². The number of hydrogen-bond donors (Lipinski definition) is 1. The van der Waals surface area contributed by atoms with Gasteiger partial charge in [-0.15, -0.1) is 21.5 Å². The molecular weight excluding hydrogens is 396 g/mol. The number of thioether (sulfide) groups is 1. The number of rotatable bonds is 8. The van der Waals surface area contributed by atoms with E-state index in [1.165, 1.54) is 10.4 Å². The van der Waals surface area contributed by atoms with Crippen LogP contribution < -0.4 is 5.32 Å². The van der Waals surface area contributed by atoms with Crippen molar-refractivity contribution in [1.82, 2.24) is 15.2 Å². The molecule has 138 valence electrons. The number of aromatic nitrogens is 3. The Morgan fingerprint density at radius 3 is 2.85 bits per heavy atom. The summed E-state index contributed by atoms with van der Waals surface area (Å²) in [6.07, 6.45) is 2.71. The van der Waals surface area contributed by atoms with Crippen molar-refractivity contribution in [3.05, 3.63) is 64.2 Å². The van der Waals surface area contributed by atoms with E-state index < -0.39 is 0 Å². The summed E-state index contributed by atoms with van der Waals surface area (Å²) in [5.74, 6) is 1.36. The molecule has 0 radical (unpaired) electrons. The van der Waals surface area contributed by atoms with Crippen LogP contribution >= 0.6 is 34.4 Å². The molecule has 0 saturated heterocycles. The Balaban J connectivity index is 1.28. The highest BCUT2D eigenvalue weighted by molar-refractivity contribution is 8.00. The molecular formula is C19H18N4OS3. The van der Waals surface area contributed by atoms with Gasteiger partial charge in [-0.1, -0.05) is 46.9 Å². The van der Waals surface area contributed by atoms with E-state index in [4.69, 9.17) is 4.42 Å².